The van der Waals surface area contributed by atoms with Crippen molar-refractivity contribution in [2.75, 3.05) is 16.8 Å². The molecule has 5 heteroatoms. The third-order valence-electron chi connectivity index (χ3n) is 2.47. The van der Waals surface area contributed by atoms with Gasteiger partial charge in [0.1, 0.15) is 5.82 Å². The van der Waals surface area contributed by atoms with Crippen LogP contribution in [-0.2, 0) is 9.84 Å². The van der Waals surface area contributed by atoms with Gasteiger partial charge in [0.05, 0.1) is 11.4 Å². The number of anilines is 1. The fourth-order valence-corrected chi connectivity index (χ4v) is 2.64. The lowest BCUT2D eigenvalue weighted by Crippen LogP contribution is -2.27. The number of rotatable bonds is 5. The van der Waals surface area contributed by atoms with E-state index in [1.807, 2.05) is 6.92 Å². The van der Waals surface area contributed by atoms with E-state index in [1.54, 1.807) is 26.0 Å². The molecule has 0 bridgehead atoms. The molecule has 0 amide bonds. The van der Waals surface area contributed by atoms with Crippen LogP contribution in [0.15, 0.2) is 18.2 Å². The van der Waals surface area contributed by atoms with Crippen LogP contribution in [0.3, 0.4) is 0 Å². The summed E-state index contributed by atoms with van der Waals surface area (Å²) in [6.45, 7) is 5.20. The first-order valence-corrected chi connectivity index (χ1v) is 7.39. The average Bonchev–Trinajstić information content (AvgIpc) is 2.23. The van der Waals surface area contributed by atoms with Crippen molar-refractivity contribution in [2.24, 2.45) is 0 Å². The van der Waals surface area contributed by atoms with Crippen LogP contribution in [0.25, 0.3) is 0 Å². The van der Waals surface area contributed by atoms with E-state index in [0.29, 0.717) is 5.69 Å². The van der Waals surface area contributed by atoms with Gasteiger partial charge in [0, 0.05) is 11.8 Å². The summed E-state index contributed by atoms with van der Waals surface area (Å²) in [5, 5.41) is 2.89. The number of benzene rings is 1. The third-order valence-corrected chi connectivity index (χ3v) is 4.36. The molecule has 1 rings (SSSR count). The highest BCUT2D eigenvalue weighted by Crippen LogP contribution is 2.17. The van der Waals surface area contributed by atoms with Gasteiger partial charge in [0.15, 0.2) is 9.84 Å². The molecule has 96 valence electrons. The van der Waals surface area contributed by atoms with Gasteiger partial charge in [-0.3, -0.25) is 0 Å². The summed E-state index contributed by atoms with van der Waals surface area (Å²) in [5.41, 5.74) is 1.28. The number of hydrogen-bond acceptors (Lipinski definition) is 3. The summed E-state index contributed by atoms with van der Waals surface area (Å²) >= 11 is 0. The smallest absolute Gasteiger partial charge is 0.152 e. The molecule has 3 nitrogen and oxygen atoms in total. The molecule has 0 aliphatic heterocycles. The largest absolute Gasteiger partial charge is 0.379 e. The second-order valence-corrected chi connectivity index (χ2v) is 6.63. The lowest BCUT2D eigenvalue weighted by Gasteiger charge is -2.15. The number of sulfone groups is 1. The third kappa shape index (κ3) is 4.34. The minimum absolute atomic E-state index is 0.0108. The maximum absolute atomic E-state index is 13.4. The van der Waals surface area contributed by atoms with Crippen LogP contribution in [0.2, 0.25) is 0 Å². The van der Waals surface area contributed by atoms with Gasteiger partial charge in [0.25, 0.3) is 0 Å². The monoisotopic (exact) mass is 259 g/mol. The maximum atomic E-state index is 13.4. The average molecular weight is 259 g/mol. The minimum Gasteiger partial charge on any atom is -0.379 e. The molecule has 0 radical (unpaired) electrons. The quantitative estimate of drug-likeness (QED) is 0.883. The van der Waals surface area contributed by atoms with Crippen molar-refractivity contribution < 1.29 is 12.8 Å². The van der Waals surface area contributed by atoms with E-state index < -0.39 is 9.84 Å². The summed E-state index contributed by atoms with van der Waals surface area (Å²) in [6.07, 6.45) is 0. The fourth-order valence-electron chi connectivity index (χ4n) is 1.56. The molecule has 0 fully saturated rings. The van der Waals surface area contributed by atoms with Crippen LogP contribution in [0.1, 0.15) is 19.4 Å². The van der Waals surface area contributed by atoms with Gasteiger partial charge in [-0.2, -0.15) is 0 Å². The summed E-state index contributed by atoms with van der Waals surface area (Å²) in [6, 6.07) is 4.41. The Hall–Kier alpha value is -1.10. The summed E-state index contributed by atoms with van der Waals surface area (Å²) in [4.78, 5) is 0. The molecule has 0 aliphatic rings. The topological polar surface area (TPSA) is 46.2 Å². The first-order chi connectivity index (χ1) is 7.84. The van der Waals surface area contributed by atoms with Crippen molar-refractivity contribution in [3.8, 4) is 0 Å². The normalized spacial score (nSPS) is 13.4. The van der Waals surface area contributed by atoms with Crippen LogP contribution < -0.4 is 5.32 Å². The molecule has 0 aliphatic carbocycles. The highest BCUT2D eigenvalue weighted by atomic mass is 32.2. The predicted molar refractivity (Wildman–Crippen MR) is 68.5 cm³/mol. The number of nitrogens with one attached hydrogen (secondary N) is 1. The molecular formula is C12H18FNO2S. The van der Waals surface area contributed by atoms with Crippen LogP contribution in [0.5, 0.6) is 0 Å². The Bertz CT molecular complexity index is 485. The van der Waals surface area contributed by atoms with Crippen molar-refractivity contribution in [3.05, 3.63) is 29.6 Å². The van der Waals surface area contributed by atoms with Gasteiger partial charge in [-0.1, -0.05) is 13.0 Å². The number of aryl methyl sites for hydroxylation is 1. The lowest BCUT2D eigenvalue weighted by atomic mass is 10.2. The first-order valence-electron chi connectivity index (χ1n) is 5.57. The molecule has 1 aromatic rings. The molecule has 1 unspecified atom stereocenters. The van der Waals surface area contributed by atoms with Crippen LogP contribution in [0.4, 0.5) is 10.1 Å². The molecule has 1 aromatic carbocycles. The fraction of sp³-hybridized carbons (Fsp3) is 0.500. The molecular weight excluding hydrogens is 241 g/mol. The van der Waals surface area contributed by atoms with Gasteiger partial charge in [-0.25, -0.2) is 12.8 Å². The van der Waals surface area contributed by atoms with E-state index in [4.69, 9.17) is 0 Å². The van der Waals surface area contributed by atoms with Gasteiger partial charge < -0.3 is 5.32 Å². The standard InChI is InChI=1S/C12H18FNO2S/c1-4-17(15,16)8-10(3)14-12-7-9(2)5-6-11(12)13/h5-7,10,14H,4,8H2,1-3H3. The van der Waals surface area contributed by atoms with Gasteiger partial charge in [-0.05, 0) is 31.5 Å². The Kier molecular flexibility index (Phi) is 4.51. The second kappa shape index (κ2) is 5.49. The summed E-state index contributed by atoms with van der Waals surface area (Å²) in [5.74, 6) is -0.247. The minimum atomic E-state index is -3.05. The van der Waals surface area contributed by atoms with Crippen molar-refractivity contribution in [1.29, 1.82) is 0 Å². The maximum Gasteiger partial charge on any atom is 0.152 e. The Morgan fingerprint density at radius 3 is 2.65 bits per heavy atom. The van der Waals surface area contributed by atoms with E-state index in [0.717, 1.165) is 5.56 Å². The molecule has 0 heterocycles. The van der Waals surface area contributed by atoms with E-state index >= 15 is 0 Å². The summed E-state index contributed by atoms with van der Waals surface area (Å²) < 4.78 is 36.3. The highest BCUT2D eigenvalue weighted by molar-refractivity contribution is 7.91. The summed E-state index contributed by atoms with van der Waals surface area (Å²) in [7, 11) is -3.05. The molecule has 0 saturated heterocycles. The molecule has 1 atom stereocenters. The van der Waals surface area contributed by atoms with Gasteiger partial charge >= 0.3 is 0 Å². The van der Waals surface area contributed by atoms with E-state index in [9.17, 15) is 12.8 Å². The van der Waals surface area contributed by atoms with Crippen LogP contribution in [0, 0.1) is 12.7 Å². The van der Waals surface area contributed by atoms with Gasteiger partial charge in [-0.15, -0.1) is 0 Å². The Balaban J connectivity index is 2.74. The Labute approximate surface area is 102 Å². The second-order valence-electron chi connectivity index (χ2n) is 4.23. The zero-order chi connectivity index (χ0) is 13.1. The van der Waals surface area contributed by atoms with Crippen molar-refractivity contribution in [3.63, 3.8) is 0 Å². The van der Waals surface area contributed by atoms with Crippen molar-refractivity contribution >= 4 is 15.5 Å². The predicted octanol–water partition coefficient (Wildman–Crippen LogP) is 2.37. The molecule has 17 heavy (non-hydrogen) atoms. The van der Waals surface area contributed by atoms with Crippen molar-refractivity contribution in [1.82, 2.24) is 0 Å². The zero-order valence-electron chi connectivity index (χ0n) is 10.3. The van der Waals surface area contributed by atoms with Crippen molar-refractivity contribution in [2.45, 2.75) is 26.8 Å². The number of halogens is 1. The van der Waals surface area contributed by atoms with Gasteiger partial charge in [0.2, 0.25) is 0 Å². The Morgan fingerprint density at radius 1 is 1.41 bits per heavy atom. The SMILES string of the molecule is CCS(=O)(=O)CC(C)Nc1cc(C)ccc1F. The van der Waals surface area contributed by atoms with Crippen LogP contribution >= 0.6 is 0 Å². The molecule has 0 saturated carbocycles. The highest BCUT2D eigenvalue weighted by Gasteiger charge is 2.14. The van der Waals surface area contributed by atoms with E-state index in [1.165, 1.54) is 6.07 Å². The van der Waals surface area contributed by atoms with E-state index in [2.05, 4.69) is 5.32 Å². The molecule has 0 spiro atoms. The lowest BCUT2D eigenvalue weighted by molar-refractivity contribution is 0.592. The molecule has 1 N–H and O–H groups in total. The first kappa shape index (κ1) is 14.0. The van der Waals surface area contributed by atoms with Crippen LogP contribution in [-0.4, -0.2) is 26.0 Å². The van der Waals surface area contributed by atoms with E-state index in [-0.39, 0.29) is 23.4 Å². The zero-order valence-corrected chi connectivity index (χ0v) is 11.1. The Morgan fingerprint density at radius 2 is 2.06 bits per heavy atom. The molecule has 0 aromatic heterocycles. The number of hydrogen-bond donors (Lipinski definition) is 1.